The molecule has 0 spiro atoms. The Hall–Kier alpha value is -1.64. The number of benzene rings is 1. The summed E-state index contributed by atoms with van der Waals surface area (Å²) in [6.07, 6.45) is 20.5. The van der Waals surface area contributed by atoms with Crippen LogP contribution < -0.4 is 0 Å². The van der Waals surface area contributed by atoms with Gasteiger partial charge in [-0.05, 0) is 18.4 Å². The maximum atomic E-state index is 11.7. The van der Waals surface area contributed by atoms with Crippen LogP contribution in [-0.4, -0.2) is 12.3 Å². The van der Waals surface area contributed by atoms with Gasteiger partial charge in [-0.15, -0.1) is 0 Å². The van der Waals surface area contributed by atoms with Gasteiger partial charge in [0.1, 0.15) is 6.61 Å². The molecule has 0 saturated carbocycles. The number of carbonyl (C=O) groups excluding carboxylic acids is 2. The molecule has 1 rings (SSSR count). The van der Waals surface area contributed by atoms with Crippen molar-refractivity contribution in [2.75, 3.05) is 0 Å². The first-order chi connectivity index (χ1) is 13.8. The van der Waals surface area contributed by atoms with E-state index in [4.69, 9.17) is 4.74 Å². The third kappa shape index (κ3) is 15.4. The summed E-state index contributed by atoms with van der Waals surface area (Å²) in [4.78, 5) is 21.8. The minimum absolute atomic E-state index is 0.0778. The van der Waals surface area contributed by atoms with Crippen LogP contribution in [0, 0.1) is 0 Å². The summed E-state index contributed by atoms with van der Waals surface area (Å²) >= 11 is 0. The Morgan fingerprint density at radius 3 is 1.64 bits per heavy atom. The predicted molar refractivity (Wildman–Crippen MR) is 116 cm³/mol. The Morgan fingerprint density at radius 2 is 1.14 bits per heavy atom. The van der Waals surface area contributed by atoms with Crippen molar-refractivity contribution in [3.05, 3.63) is 35.9 Å². The van der Waals surface area contributed by atoms with Gasteiger partial charge < -0.3 is 4.74 Å². The largest absolute Gasteiger partial charge is 0.461 e. The van der Waals surface area contributed by atoms with E-state index in [-0.39, 0.29) is 5.97 Å². The Labute approximate surface area is 172 Å². The van der Waals surface area contributed by atoms with Crippen molar-refractivity contribution in [3.8, 4) is 0 Å². The van der Waals surface area contributed by atoms with Gasteiger partial charge in [0.2, 0.25) is 0 Å². The van der Waals surface area contributed by atoms with E-state index in [0.717, 1.165) is 24.8 Å². The zero-order valence-electron chi connectivity index (χ0n) is 17.6. The van der Waals surface area contributed by atoms with Crippen molar-refractivity contribution in [1.29, 1.82) is 0 Å². The van der Waals surface area contributed by atoms with Crippen LogP contribution >= 0.6 is 0 Å². The number of rotatable bonds is 19. The van der Waals surface area contributed by atoms with Crippen LogP contribution in [0.3, 0.4) is 0 Å². The van der Waals surface area contributed by atoms with Crippen molar-refractivity contribution in [2.24, 2.45) is 0 Å². The maximum Gasteiger partial charge on any atom is 0.306 e. The molecule has 0 heterocycles. The fraction of sp³-hybridized carbons (Fsp3) is 0.680. The van der Waals surface area contributed by atoms with Gasteiger partial charge in [-0.3, -0.25) is 9.59 Å². The second-order valence-electron chi connectivity index (χ2n) is 7.74. The summed E-state index contributed by atoms with van der Waals surface area (Å²) < 4.78 is 5.30. The lowest BCUT2D eigenvalue weighted by molar-refractivity contribution is -0.145. The molecule has 0 aliphatic carbocycles. The summed E-state index contributed by atoms with van der Waals surface area (Å²) in [6.45, 7) is 0.387. The molecule has 0 N–H and O–H groups in total. The average Bonchev–Trinajstić information content (AvgIpc) is 2.72. The number of esters is 1. The van der Waals surface area contributed by atoms with E-state index < -0.39 is 0 Å². The van der Waals surface area contributed by atoms with E-state index in [1.165, 1.54) is 70.6 Å². The molecule has 3 heteroatoms. The molecule has 1 aromatic rings. The fourth-order valence-corrected chi connectivity index (χ4v) is 3.40. The van der Waals surface area contributed by atoms with Gasteiger partial charge in [-0.25, -0.2) is 0 Å². The second kappa shape index (κ2) is 18.7. The average molecular weight is 388 g/mol. The van der Waals surface area contributed by atoms with E-state index in [2.05, 4.69) is 0 Å². The van der Waals surface area contributed by atoms with Gasteiger partial charge in [0, 0.05) is 12.8 Å². The minimum Gasteiger partial charge on any atom is -0.461 e. The van der Waals surface area contributed by atoms with Gasteiger partial charge in [0.25, 0.3) is 0 Å². The summed E-state index contributed by atoms with van der Waals surface area (Å²) in [5.74, 6) is -0.0778. The zero-order valence-corrected chi connectivity index (χ0v) is 17.6. The van der Waals surface area contributed by atoms with Gasteiger partial charge in [-0.1, -0.05) is 107 Å². The predicted octanol–water partition coefficient (Wildman–Crippen LogP) is 7.08. The maximum absolute atomic E-state index is 11.7. The molecule has 0 fully saturated rings. The molecule has 1 radical (unpaired) electrons. The number of carbonyl (C=O) groups is 1. The Bertz CT molecular complexity index is 484. The molecule has 0 aliphatic heterocycles. The number of hydrogen-bond acceptors (Lipinski definition) is 3. The summed E-state index contributed by atoms with van der Waals surface area (Å²) in [5, 5.41) is 0. The standard InChI is InChI=1S/C25H39O3/c26-22-18-13-11-9-7-5-3-1-2-4-6-8-10-12-17-21-25(27)28-23-24-19-15-14-16-20-24/h14-16,19-20H,1-13,17-18,21,23H2. The highest BCUT2D eigenvalue weighted by molar-refractivity contribution is 5.69. The smallest absolute Gasteiger partial charge is 0.306 e. The fourth-order valence-electron chi connectivity index (χ4n) is 3.40. The molecule has 28 heavy (non-hydrogen) atoms. The third-order valence-electron chi connectivity index (χ3n) is 5.15. The zero-order chi connectivity index (χ0) is 20.1. The molecule has 3 nitrogen and oxygen atoms in total. The van der Waals surface area contributed by atoms with Crippen LogP contribution in [0.2, 0.25) is 0 Å². The van der Waals surface area contributed by atoms with Crippen LogP contribution in [0.25, 0.3) is 0 Å². The molecule has 0 atom stereocenters. The molecule has 0 unspecified atom stereocenters. The molecule has 0 aliphatic rings. The van der Waals surface area contributed by atoms with E-state index in [1.807, 2.05) is 36.6 Å². The van der Waals surface area contributed by atoms with Gasteiger partial charge in [-0.2, -0.15) is 0 Å². The quantitative estimate of drug-likeness (QED) is 0.188. The second-order valence-corrected chi connectivity index (χ2v) is 7.74. The van der Waals surface area contributed by atoms with E-state index in [9.17, 15) is 9.59 Å². The van der Waals surface area contributed by atoms with Crippen LogP contribution in [0.1, 0.15) is 108 Å². The highest BCUT2D eigenvalue weighted by atomic mass is 16.5. The van der Waals surface area contributed by atoms with Crippen LogP contribution in [-0.2, 0) is 20.9 Å². The first-order valence-corrected chi connectivity index (χ1v) is 11.4. The van der Waals surface area contributed by atoms with E-state index >= 15 is 0 Å². The summed E-state index contributed by atoms with van der Waals surface area (Å²) in [5.41, 5.74) is 1.05. The molecule has 0 amide bonds. The molecule has 1 aromatic carbocycles. The van der Waals surface area contributed by atoms with Crippen molar-refractivity contribution >= 4 is 12.3 Å². The van der Waals surface area contributed by atoms with Gasteiger partial charge in [0.15, 0.2) is 6.29 Å². The van der Waals surface area contributed by atoms with Crippen molar-refractivity contribution < 1.29 is 14.3 Å². The van der Waals surface area contributed by atoms with Crippen LogP contribution in [0.5, 0.6) is 0 Å². The molecule has 0 bridgehead atoms. The lowest BCUT2D eigenvalue weighted by atomic mass is 10.0. The van der Waals surface area contributed by atoms with Crippen LogP contribution in [0.4, 0.5) is 0 Å². The van der Waals surface area contributed by atoms with Crippen molar-refractivity contribution in [3.63, 3.8) is 0 Å². The topological polar surface area (TPSA) is 43.4 Å². The number of hydrogen-bond donors (Lipinski definition) is 0. The van der Waals surface area contributed by atoms with Gasteiger partial charge in [0.05, 0.1) is 0 Å². The first-order valence-electron chi connectivity index (χ1n) is 11.4. The van der Waals surface area contributed by atoms with E-state index in [0.29, 0.717) is 19.4 Å². The SMILES string of the molecule is O=[C]CCCCCCCCCCCCCCCCC(=O)OCc1ccccc1. The molecular weight excluding hydrogens is 348 g/mol. The summed E-state index contributed by atoms with van der Waals surface area (Å²) in [7, 11) is 0. The van der Waals surface area contributed by atoms with Crippen LogP contribution in [0.15, 0.2) is 30.3 Å². The van der Waals surface area contributed by atoms with E-state index in [1.54, 1.807) is 0 Å². The Kier molecular flexibility index (Phi) is 16.3. The third-order valence-corrected chi connectivity index (χ3v) is 5.15. The number of ether oxygens (including phenoxy) is 1. The molecular formula is C25H39O3. The normalized spacial score (nSPS) is 10.7. The molecule has 0 aromatic heterocycles. The highest BCUT2D eigenvalue weighted by Crippen LogP contribution is 2.14. The number of unbranched alkanes of at least 4 members (excludes halogenated alkanes) is 14. The Morgan fingerprint density at radius 1 is 0.679 bits per heavy atom. The van der Waals surface area contributed by atoms with Gasteiger partial charge >= 0.3 is 5.97 Å². The monoisotopic (exact) mass is 387 g/mol. The lowest BCUT2D eigenvalue weighted by Gasteiger charge is -2.05. The first kappa shape index (κ1) is 24.4. The van der Waals surface area contributed by atoms with Crippen molar-refractivity contribution in [1.82, 2.24) is 0 Å². The molecule has 157 valence electrons. The van der Waals surface area contributed by atoms with Crippen molar-refractivity contribution in [2.45, 2.75) is 109 Å². The summed E-state index contributed by atoms with van der Waals surface area (Å²) in [6, 6.07) is 9.84. The minimum atomic E-state index is -0.0778. The molecule has 0 saturated heterocycles. The highest BCUT2D eigenvalue weighted by Gasteiger charge is 2.03. The lowest BCUT2D eigenvalue weighted by Crippen LogP contribution is -2.04. The Balaban J connectivity index is 1.76.